The molecule has 0 saturated carbocycles. The van der Waals surface area contributed by atoms with Crippen molar-refractivity contribution in [3.05, 3.63) is 11.8 Å². The van der Waals surface area contributed by atoms with Gasteiger partial charge in [-0.1, -0.05) is 26.3 Å². The molecule has 2 amide bonds. The fourth-order valence-corrected chi connectivity index (χ4v) is 1.49. The van der Waals surface area contributed by atoms with E-state index in [0.29, 0.717) is 0 Å². The second kappa shape index (κ2) is 5.54. The Morgan fingerprint density at radius 3 is 2.18 bits per heavy atom. The van der Waals surface area contributed by atoms with E-state index in [0.717, 1.165) is 26.2 Å². The van der Waals surface area contributed by atoms with Gasteiger partial charge in [0.1, 0.15) is 0 Å². The summed E-state index contributed by atoms with van der Waals surface area (Å²) in [5, 5.41) is 2.88. The van der Waals surface area contributed by atoms with Crippen molar-refractivity contribution in [2.75, 3.05) is 33.2 Å². The lowest BCUT2D eigenvalue weighted by Gasteiger charge is -2.32. The Hall–Kier alpha value is -1.03. The molecule has 1 heterocycles. The van der Waals surface area contributed by atoms with Gasteiger partial charge in [0.25, 0.3) is 0 Å². The van der Waals surface area contributed by atoms with E-state index >= 15 is 0 Å². The molecule has 1 aliphatic heterocycles. The Labute approximate surface area is 105 Å². The zero-order chi connectivity index (χ0) is 13.1. The predicted octanol–water partition coefficient (Wildman–Crippen LogP) is 1.89. The van der Waals surface area contributed by atoms with Crippen LogP contribution in [-0.2, 0) is 0 Å². The summed E-state index contributed by atoms with van der Waals surface area (Å²) in [5.41, 5.74) is 1.29. The third-order valence-electron chi connectivity index (χ3n) is 3.39. The highest BCUT2D eigenvalue weighted by atomic mass is 16.2. The first-order valence-electron chi connectivity index (χ1n) is 6.22. The summed E-state index contributed by atoms with van der Waals surface area (Å²) in [6, 6.07) is 0.0155. The SMILES string of the molecule is C/C(=C\NC(=O)N1CCN(C)CC1)C(C)(C)C. The first-order valence-corrected chi connectivity index (χ1v) is 6.22. The molecule has 0 aromatic rings. The number of hydrogen-bond acceptors (Lipinski definition) is 2. The first kappa shape index (κ1) is 14.0. The average Bonchev–Trinajstić information content (AvgIpc) is 2.25. The Morgan fingerprint density at radius 2 is 1.71 bits per heavy atom. The lowest BCUT2D eigenvalue weighted by Crippen LogP contribution is -2.49. The maximum Gasteiger partial charge on any atom is 0.321 e. The third kappa shape index (κ3) is 4.38. The summed E-state index contributed by atoms with van der Waals surface area (Å²) < 4.78 is 0. The van der Waals surface area contributed by atoms with Crippen LogP contribution in [0.1, 0.15) is 27.7 Å². The molecule has 0 aromatic heterocycles. The maximum atomic E-state index is 11.9. The van der Waals surface area contributed by atoms with Crippen LogP contribution >= 0.6 is 0 Å². The zero-order valence-corrected chi connectivity index (χ0v) is 11.7. The molecule has 1 saturated heterocycles. The molecule has 1 aliphatic rings. The highest BCUT2D eigenvalue weighted by Crippen LogP contribution is 2.23. The van der Waals surface area contributed by atoms with E-state index in [1.807, 2.05) is 18.0 Å². The monoisotopic (exact) mass is 239 g/mol. The highest BCUT2D eigenvalue weighted by Gasteiger charge is 2.18. The molecule has 1 fully saturated rings. The quantitative estimate of drug-likeness (QED) is 0.758. The van der Waals surface area contributed by atoms with Crippen molar-refractivity contribution in [2.45, 2.75) is 27.7 Å². The molecule has 0 aromatic carbocycles. The van der Waals surface area contributed by atoms with Crippen molar-refractivity contribution >= 4 is 6.03 Å². The van der Waals surface area contributed by atoms with Gasteiger partial charge >= 0.3 is 6.03 Å². The topological polar surface area (TPSA) is 35.6 Å². The second-order valence-corrected chi connectivity index (χ2v) is 5.82. The van der Waals surface area contributed by atoms with Gasteiger partial charge in [0, 0.05) is 32.4 Å². The lowest BCUT2D eigenvalue weighted by molar-refractivity contribution is 0.157. The lowest BCUT2D eigenvalue weighted by atomic mass is 9.88. The zero-order valence-electron chi connectivity index (χ0n) is 11.7. The Bertz CT molecular complexity index is 296. The molecule has 0 aliphatic carbocycles. The number of urea groups is 1. The van der Waals surface area contributed by atoms with Crippen LogP contribution in [0.25, 0.3) is 0 Å². The number of nitrogens with one attached hydrogen (secondary N) is 1. The summed E-state index contributed by atoms with van der Waals surface area (Å²) in [6.45, 7) is 12.0. The number of hydrogen-bond donors (Lipinski definition) is 1. The predicted molar refractivity (Wildman–Crippen MR) is 70.8 cm³/mol. The number of piperazine rings is 1. The van der Waals surface area contributed by atoms with E-state index in [1.165, 1.54) is 5.57 Å². The minimum Gasteiger partial charge on any atom is -0.322 e. The molecular formula is C13H25N3O. The average molecular weight is 239 g/mol. The van der Waals surface area contributed by atoms with Gasteiger partial charge in [-0.25, -0.2) is 4.79 Å². The van der Waals surface area contributed by atoms with Crippen molar-refractivity contribution in [1.82, 2.24) is 15.1 Å². The molecule has 0 spiro atoms. The van der Waals surface area contributed by atoms with Crippen LogP contribution in [0, 0.1) is 5.41 Å². The van der Waals surface area contributed by atoms with Gasteiger partial charge < -0.3 is 15.1 Å². The molecule has 0 radical (unpaired) electrons. The molecule has 4 heteroatoms. The van der Waals surface area contributed by atoms with Gasteiger partial charge in [-0.15, -0.1) is 0 Å². The van der Waals surface area contributed by atoms with Crippen molar-refractivity contribution in [2.24, 2.45) is 5.41 Å². The minimum absolute atomic E-state index is 0.0155. The normalized spacial score (nSPS) is 19.4. The summed E-state index contributed by atoms with van der Waals surface area (Å²) in [5.74, 6) is 0. The fourth-order valence-electron chi connectivity index (χ4n) is 1.49. The van der Waals surface area contributed by atoms with Crippen LogP contribution in [0.2, 0.25) is 0 Å². The van der Waals surface area contributed by atoms with Crippen molar-refractivity contribution < 1.29 is 4.79 Å². The van der Waals surface area contributed by atoms with Gasteiger partial charge in [-0.05, 0) is 19.4 Å². The van der Waals surface area contributed by atoms with Crippen LogP contribution in [0.3, 0.4) is 0 Å². The Kier molecular flexibility index (Phi) is 4.57. The summed E-state index contributed by atoms with van der Waals surface area (Å²) in [4.78, 5) is 16.0. The van der Waals surface area contributed by atoms with E-state index in [2.05, 4.69) is 38.0 Å². The van der Waals surface area contributed by atoms with Gasteiger partial charge in [0.15, 0.2) is 0 Å². The molecule has 98 valence electrons. The molecule has 0 unspecified atom stereocenters. The number of amides is 2. The van der Waals surface area contributed by atoms with Gasteiger partial charge in [0.05, 0.1) is 0 Å². The van der Waals surface area contributed by atoms with Crippen molar-refractivity contribution in [3.8, 4) is 0 Å². The molecule has 1 N–H and O–H groups in total. The standard InChI is InChI=1S/C13H25N3O/c1-11(13(2,3)4)10-14-12(17)16-8-6-15(5)7-9-16/h10H,6-9H2,1-5H3,(H,14,17)/b11-10+. The van der Waals surface area contributed by atoms with Crippen molar-refractivity contribution in [3.63, 3.8) is 0 Å². The molecular weight excluding hydrogens is 214 g/mol. The van der Waals surface area contributed by atoms with Crippen molar-refractivity contribution in [1.29, 1.82) is 0 Å². The number of allylic oxidation sites excluding steroid dienone is 1. The minimum atomic E-state index is 0.0155. The van der Waals surface area contributed by atoms with E-state index in [9.17, 15) is 4.79 Å². The summed E-state index contributed by atoms with van der Waals surface area (Å²) in [7, 11) is 2.08. The summed E-state index contributed by atoms with van der Waals surface area (Å²) in [6.07, 6.45) is 1.83. The Morgan fingerprint density at radius 1 is 1.18 bits per heavy atom. The summed E-state index contributed by atoms with van der Waals surface area (Å²) >= 11 is 0. The Balaban J connectivity index is 2.45. The molecule has 0 atom stereocenters. The number of rotatable bonds is 1. The van der Waals surface area contributed by atoms with Crippen LogP contribution < -0.4 is 5.32 Å². The first-order chi connectivity index (χ1) is 7.80. The van der Waals surface area contributed by atoms with E-state index in [4.69, 9.17) is 0 Å². The number of carbonyl (C=O) groups excluding carboxylic acids is 1. The smallest absolute Gasteiger partial charge is 0.321 e. The van der Waals surface area contributed by atoms with Gasteiger partial charge in [0.2, 0.25) is 0 Å². The molecule has 0 bridgehead atoms. The number of likely N-dealkylation sites (N-methyl/N-ethyl adjacent to an activating group) is 1. The fraction of sp³-hybridized carbons (Fsp3) is 0.769. The largest absolute Gasteiger partial charge is 0.322 e. The number of nitrogens with zero attached hydrogens (tertiary/aromatic N) is 2. The van der Waals surface area contributed by atoms with Crippen LogP contribution in [0.15, 0.2) is 11.8 Å². The third-order valence-corrected chi connectivity index (χ3v) is 3.39. The van der Waals surface area contributed by atoms with E-state index in [1.54, 1.807) is 0 Å². The maximum absolute atomic E-state index is 11.9. The molecule has 4 nitrogen and oxygen atoms in total. The van der Waals surface area contributed by atoms with Crippen LogP contribution in [-0.4, -0.2) is 49.1 Å². The number of carbonyl (C=O) groups is 1. The molecule has 17 heavy (non-hydrogen) atoms. The van der Waals surface area contributed by atoms with Crippen LogP contribution in [0.4, 0.5) is 4.79 Å². The van der Waals surface area contributed by atoms with Gasteiger partial charge in [-0.3, -0.25) is 0 Å². The second-order valence-electron chi connectivity index (χ2n) is 5.82. The van der Waals surface area contributed by atoms with Crippen LogP contribution in [0.5, 0.6) is 0 Å². The molecule has 1 rings (SSSR count). The highest BCUT2D eigenvalue weighted by molar-refractivity contribution is 5.75. The van der Waals surface area contributed by atoms with E-state index < -0.39 is 0 Å². The van der Waals surface area contributed by atoms with Gasteiger partial charge in [-0.2, -0.15) is 0 Å². The van der Waals surface area contributed by atoms with E-state index in [-0.39, 0.29) is 11.4 Å².